The Labute approximate surface area is 127 Å². The van der Waals surface area contributed by atoms with Gasteiger partial charge in [0.15, 0.2) is 0 Å². The van der Waals surface area contributed by atoms with Crippen LogP contribution in [0.2, 0.25) is 0 Å². The van der Waals surface area contributed by atoms with E-state index in [2.05, 4.69) is 19.2 Å². The van der Waals surface area contributed by atoms with E-state index in [1.165, 1.54) is 4.31 Å². The summed E-state index contributed by atoms with van der Waals surface area (Å²) in [5.41, 5.74) is 0. The average Bonchev–Trinajstić information content (AvgIpc) is 2.78. The van der Waals surface area contributed by atoms with Crippen LogP contribution >= 0.6 is 11.3 Å². The van der Waals surface area contributed by atoms with Crippen LogP contribution in [-0.4, -0.2) is 32.9 Å². The molecule has 116 valence electrons. The van der Waals surface area contributed by atoms with Gasteiger partial charge in [0.2, 0.25) is 10.0 Å². The van der Waals surface area contributed by atoms with Gasteiger partial charge in [-0.25, -0.2) is 12.7 Å². The van der Waals surface area contributed by atoms with E-state index in [0.717, 1.165) is 42.1 Å². The number of thiophene rings is 1. The standard InChI is InChI=1S/C14H26N2O2S2/c1-5-7-9-16(4)20(17,18)14-10-13(19-12(14)3)11-15-8-6-2/h10,15H,5-9,11H2,1-4H3. The number of nitrogens with one attached hydrogen (secondary N) is 1. The van der Waals surface area contributed by atoms with Gasteiger partial charge in [0.05, 0.1) is 4.90 Å². The minimum absolute atomic E-state index is 0.467. The molecule has 1 aromatic rings. The fraction of sp³-hybridized carbons (Fsp3) is 0.714. The Morgan fingerprint density at radius 3 is 2.60 bits per heavy atom. The molecule has 0 radical (unpaired) electrons. The molecule has 0 fully saturated rings. The summed E-state index contributed by atoms with van der Waals surface area (Å²) in [7, 11) is -1.67. The lowest BCUT2D eigenvalue weighted by Gasteiger charge is -2.16. The summed E-state index contributed by atoms with van der Waals surface area (Å²) in [5, 5.41) is 3.31. The first-order valence-electron chi connectivity index (χ1n) is 7.19. The number of aryl methyl sites for hydroxylation is 1. The van der Waals surface area contributed by atoms with Crippen LogP contribution in [0.15, 0.2) is 11.0 Å². The highest BCUT2D eigenvalue weighted by molar-refractivity contribution is 7.89. The topological polar surface area (TPSA) is 49.4 Å². The number of nitrogens with zero attached hydrogens (tertiary/aromatic N) is 1. The monoisotopic (exact) mass is 318 g/mol. The molecule has 0 aliphatic heterocycles. The lowest BCUT2D eigenvalue weighted by molar-refractivity contribution is 0.459. The second-order valence-corrected chi connectivity index (χ2v) is 8.34. The fourth-order valence-corrected chi connectivity index (χ4v) is 4.70. The zero-order valence-corrected chi connectivity index (χ0v) is 14.5. The number of hydrogen-bond donors (Lipinski definition) is 1. The highest BCUT2D eigenvalue weighted by Crippen LogP contribution is 2.27. The van der Waals surface area contributed by atoms with Gasteiger partial charge in [-0.05, 0) is 32.4 Å². The fourth-order valence-electron chi connectivity index (χ4n) is 1.92. The van der Waals surface area contributed by atoms with Crippen LogP contribution in [0, 0.1) is 6.92 Å². The zero-order valence-electron chi connectivity index (χ0n) is 12.9. The highest BCUT2D eigenvalue weighted by Gasteiger charge is 2.24. The lowest BCUT2D eigenvalue weighted by Crippen LogP contribution is -2.28. The van der Waals surface area contributed by atoms with Crippen molar-refractivity contribution in [1.29, 1.82) is 0 Å². The van der Waals surface area contributed by atoms with E-state index in [1.54, 1.807) is 18.4 Å². The molecule has 6 heteroatoms. The van der Waals surface area contributed by atoms with Crippen molar-refractivity contribution in [3.8, 4) is 0 Å². The number of unbranched alkanes of at least 4 members (excludes halogenated alkanes) is 1. The van der Waals surface area contributed by atoms with E-state index in [1.807, 2.05) is 13.0 Å². The number of sulfonamides is 1. The molecule has 1 rings (SSSR count). The van der Waals surface area contributed by atoms with Crippen LogP contribution in [0.5, 0.6) is 0 Å². The van der Waals surface area contributed by atoms with Gasteiger partial charge in [-0.1, -0.05) is 20.3 Å². The van der Waals surface area contributed by atoms with Crippen LogP contribution < -0.4 is 5.32 Å². The van der Waals surface area contributed by atoms with Crippen molar-refractivity contribution in [1.82, 2.24) is 9.62 Å². The van der Waals surface area contributed by atoms with E-state index >= 15 is 0 Å². The molecule has 1 heterocycles. The summed E-state index contributed by atoms with van der Waals surface area (Å²) in [6.45, 7) is 8.34. The molecular formula is C14H26N2O2S2. The summed E-state index contributed by atoms with van der Waals surface area (Å²) in [6, 6.07) is 1.82. The molecule has 0 unspecified atom stereocenters. The average molecular weight is 319 g/mol. The molecule has 0 aliphatic carbocycles. The van der Waals surface area contributed by atoms with E-state index in [0.29, 0.717) is 11.4 Å². The molecule has 0 aliphatic rings. The Morgan fingerprint density at radius 1 is 1.30 bits per heavy atom. The first-order chi connectivity index (χ1) is 9.43. The zero-order chi connectivity index (χ0) is 15.2. The molecule has 0 spiro atoms. The van der Waals surface area contributed by atoms with E-state index < -0.39 is 10.0 Å². The first-order valence-corrected chi connectivity index (χ1v) is 9.45. The van der Waals surface area contributed by atoms with E-state index in [-0.39, 0.29) is 0 Å². The Morgan fingerprint density at radius 2 is 2.00 bits per heavy atom. The third-order valence-corrected chi connectivity index (χ3v) is 6.33. The van der Waals surface area contributed by atoms with E-state index in [9.17, 15) is 8.42 Å². The van der Waals surface area contributed by atoms with E-state index in [4.69, 9.17) is 0 Å². The Hall–Kier alpha value is -0.430. The van der Waals surface area contributed by atoms with Crippen molar-refractivity contribution < 1.29 is 8.42 Å². The van der Waals surface area contributed by atoms with Gasteiger partial charge in [0.1, 0.15) is 0 Å². The first kappa shape index (κ1) is 17.6. The summed E-state index contributed by atoms with van der Waals surface area (Å²) in [6.07, 6.45) is 2.97. The molecule has 0 saturated carbocycles. The molecule has 4 nitrogen and oxygen atoms in total. The second kappa shape index (κ2) is 8.12. The van der Waals surface area contributed by atoms with Gasteiger partial charge in [0.25, 0.3) is 0 Å². The quantitative estimate of drug-likeness (QED) is 0.712. The van der Waals surface area contributed by atoms with Crippen molar-refractivity contribution in [2.75, 3.05) is 20.1 Å². The van der Waals surface area contributed by atoms with Crippen LogP contribution in [-0.2, 0) is 16.6 Å². The molecule has 20 heavy (non-hydrogen) atoms. The third kappa shape index (κ3) is 4.55. The van der Waals surface area contributed by atoms with Gasteiger partial charge < -0.3 is 5.32 Å². The maximum absolute atomic E-state index is 12.5. The minimum atomic E-state index is -3.34. The van der Waals surface area contributed by atoms with Gasteiger partial charge in [-0.2, -0.15) is 0 Å². The van der Waals surface area contributed by atoms with Crippen molar-refractivity contribution in [2.24, 2.45) is 0 Å². The molecule has 0 saturated heterocycles. The van der Waals surface area contributed by atoms with Crippen LogP contribution in [0.3, 0.4) is 0 Å². The maximum Gasteiger partial charge on any atom is 0.243 e. The lowest BCUT2D eigenvalue weighted by atomic mass is 10.3. The Kier molecular flexibility index (Phi) is 7.15. The highest BCUT2D eigenvalue weighted by atomic mass is 32.2. The molecule has 1 aromatic heterocycles. The predicted molar refractivity (Wildman–Crippen MR) is 85.8 cm³/mol. The smallest absolute Gasteiger partial charge is 0.243 e. The molecule has 1 N–H and O–H groups in total. The van der Waals surface area contributed by atoms with Crippen molar-refractivity contribution >= 4 is 21.4 Å². The molecule has 0 atom stereocenters. The van der Waals surface area contributed by atoms with Gasteiger partial charge >= 0.3 is 0 Å². The Bertz CT molecular complexity index is 509. The van der Waals surface area contributed by atoms with Gasteiger partial charge in [-0.3, -0.25) is 0 Å². The molecule has 0 amide bonds. The number of rotatable bonds is 9. The van der Waals surface area contributed by atoms with Gasteiger partial charge in [0, 0.05) is 29.9 Å². The van der Waals surface area contributed by atoms with Crippen molar-refractivity contribution in [2.45, 2.75) is 51.5 Å². The predicted octanol–water partition coefficient (Wildman–Crippen LogP) is 2.98. The molecular weight excluding hydrogens is 292 g/mol. The maximum atomic E-state index is 12.5. The minimum Gasteiger partial charge on any atom is -0.312 e. The van der Waals surface area contributed by atoms with Gasteiger partial charge in [-0.15, -0.1) is 11.3 Å². The number of hydrogen-bond acceptors (Lipinski definition) is 4. The molecule has 0 aromatic carbocycles. The largest absolute Gasteiger partial charge is 0.312 e. The van der Waals surface area contributed by atoms with Crippen molar-refractivity contribution in [3.05, 3.63) is 15.8 Å². The SMILES string of the molecule is CCCCN(C)S(=O)(=O)c1cc(CNCCC)sc1C. The summed E-state index contributed by atoms with van der Waals surface area (Å²) in [5.74, 6) is 0. The van der Waals surface area contributed by atoms with Crippen molar-refractivity contribution in [3.63, 3.8) is 0 Å². The summed E-state index contributed by atoms with van der Waals surface area (Å²) < 4.78 is 26.5. The summed E-state index contributed by atoms with van der Waals surface area (Å²) in [4.78, 5) is 2.43. The normalized spacial score (nSPS) is 12.2. The third-order valence-electron chi connectivity index (χ3n) is 3.16. The second-order valence-electron chi connectivity index (χ2n) is 4.99. The Balaban J connectivity index is 2.84. The van der Waals surface area contributed by atoms with Crippen LogP contribution in [0.1, 0.15) is 42.9 Å². The summed E-state index contributed by atoms with van der Waals surface area (Å²) >= 11 is 1.56. The molecule has 0 bridgehead atoms. The van der Waals surface area contributed by atoms with Crippen LogP contribution in [0.25, 0.3) is 0 Å². The van der Waals surface area contributed by atoms with Crippen LogP contribution in [0.4, 0.5) is 0 Å².